The number of rotatable bonds is 2. The average molecular weight is 324 g/mol. The number of nitrogens with zero attached hydrogens (tertiary/aromatic N) is 1. The molecule has 0 saturated heterocycles. The van der Waals surface area contributed by atoms with Crippen molar-refractivity contribution in [2.75, 3.05) is 0 Å². The number of benzene rings is 1. The fraction of sp³-hybridized carbons (Fsp3) is 0.353. The molecule has 0 aliphatic carbocycles. The minimum Gasteiger partial charge on any atom is -0.328 e. The Kier molecular flexibility index (Phi) is 10.3. The van der Waals surface area contributed by atoms with Crippen LogP contribution in [-0.4, -0.2) is 19.8 Å². The first-order chi connectivity index (χ1) is 10.4. The number of pyridine rings is 1. The van der Waals surface area contributed by atoms with Crippen molar-refractivity contribution in [2.45, 2.75) is 45.6 Å². The number of aromatic nitrogens is 1. The van der Waals surface area contributed by atoms with Crippen molar-refractivity contribution in [3.8, 4) is 11.1 Å². The molecule has 0 aliphatic heterocycles. The van der Waals surface area contributed by atoms with Crippen molar-refractivity contribution in [2.24, 2.45) is 5.73 Å². The maximum Gasteiger partial charge on any atom is 0.186 e. The van der Waals surface area contributed by atoms with Crippen LogP contribution in [0.25, 0.3) is 11.1 Å². The van der Waals surface area contributed by atoms with Gasteiger partial charge in [-0.2, -0.15) is 0 Å². The van der Waals surface area contributed by atoms with Gasteiger partial charge in [-0.25, -0.2) is 4.21 Å². The van der Waals surface area contributed by atoms with Gasteiger partial charge in [0.15, 0.2) is 11.1 Å². The Hall–Kier alpha value is -1.56. The Morgan fingerprint density at radius 1 is 1.18 bits per heavy atom. The number of aryl methyl sites for hydroxylation is 1. The zero-order valence-electron chi connectivity index (χ0n) is 13.9. The third kappa shape index (κ3) is 7.45. The highest BCUT2D eigenvalue weighted by atomic mass is 32.2. The van der Waals surface area contributed by atoms with E-state index in [9.17, 15) is 4.21 Å². The summed E-state index contributed by atoms with van der Waals surface area (Å²) in [6.45, 7) is 9.83. The average Bonchev–Trinajstić information content (AvgIpc) is 2.49. The first-order valence-electron chi connectivity index (χ1n) is 7.30. The van der Waals surface area contributed by atoms with Crippen molar-refractivity contribution in [3.63, 3.8) is 0 Å². The smallest absolute Gasteiger partial charge is 0.186 e. The van der Waals surface area contributed by atoms with Crippen LogP contribution in [0.5, 0.6) is 0 Å². The molecule has 0 spiro atoms. The lowest BCUT2D eigenvalue weighted by Gasteiger charge is -2.04. The lowest BCUT2D eigenvalue weighted by atomic mass is 10.1. The maximum atomic E-state index is 10.8. The maximum absolute atomic E-state index is 10.8. The van der Waals surface area contributed by atoms with Gasteiger partial charge in [-0.1, -0.05) is 45.9 Å². The van der Waals surface area contributed by atoms with Crippen LogP contribution in [0.1, 0.15) is 34.8 Å². The zero-order chi connectivity index (χ0) is 17.1. The van der Waals surface area contributed by atoms with Crippen LogP contribution >= 0.6 is 0 Å². The molecule has 2 rings (SSSR count). The lowest BCUT2D eigenvalue weighted by Crippen LogP contribution is -2.06. The molecule has 0 saturated carbocycles. The van der Waals surface area contributed by atoms with Crippen molar-refractivity contribution in [1.82, 2.24) is 4.98 Å². The number of hydrogen-bond acceptors (Lipinski definition) is 3. The molecular weight excluding hydrogens is 296 g/mol. The predicted molar refractivity (Wildman–Crippen MR) is 96.2 cm³/mol. The molecule has 0 radical (unpaired) electrons. The fourth-order valence-electron chi connectivity index (χ4n) is 1.54. The standard InChI is InChI=1S/C12H11NO2S.C3H9N.C2H6.H2/c1-9-12(3-2-8-13-9)10-4-6-11(7-5-10)16(14)15;1-3(2)4;1-2;/h2-8H,1H3,(H,14,15);3H,4H2,1-2H3;1-2H3;1H. The van der Waals surface area contributed by atoms with Gasteiger partial charge in [0.05, 0.1) is 4.90 Å². The molecule has 3 N–H and O–H groups in total. The van der Waals surface area contributed by atoms with E-state index in [0.717, 1.165) is 16.8 Å². The minimum atomic E-state index is -1.91. The Morgan fingerprint density at radius 2 is 1.68 bits per heavy atom. The van der Waals surface area contributed by atoms with Gasteiger partial charge in [0, 0.05) is 18.9 Å². The molecule has 2 aromatic rings. The van der Waals surface area contributed by atoms with Crippen molar-refractivity contribution < 1.29 is 10.2 Å². The largest absolute Gasteiger partial charge is 0.328 e. The quantitative estimate of drug-likeness (QED) is 0.809. The number of hydrogen-bond donors (Lipinski definition) is 2. The molecule has 1 aromatic carbocycles. The topological polar surface area (TPSA) is 76.2 Å². The Balaban J connectivity index is 0. The van der Waals surface area contributed by atoms with E-state index in [4.69, 9.17) is 10.3 Å². The van der Waals surface area contributed by atoms with Crippen molar-refractivity contribution in [3.05, 3.63) is 48.3 Å². The van der Waals surface area contributed by atoms with Crippen LogP contribution in [0.3, 0.4) is 0 Å². The first kappa shape index (κ1) is 20.4. The van der Waals surface area contributed by atoms with Crippen molar-refractivity contribution in [1.29, 1.82) is 0 Å². The first-order valence-corrected chi connectivity index (χ1v) is 8.41. The Labute approximate surface area is 137 Å². The molecular formula is C17H28N2O2S. The van der Waals surface area contributed by atoms with Crippen LogP contribution in [0.15, 0.2) is 47.5 Å². The van der Waals surface area contributed by atoms with Crippen LogP contribution in [0.2, 0.25) is 0 Å². The lowest BCUT2D eigenvalue weighted by molar-refractivity contribution is 0.564. The highest BCUT2D eigenvalue weighted by Crippen LogP contribution is 2.22. The summed E-state index contributed by atoms with van der Waals surface area (Å²) in [6, 6.07) is 11.1. The van der Waals surface area contributed by atoms with Crippen molar-refractivity contribution >= 4 is 11.1 Å². The highest BCUT2D eigenvalue weighted by molar-refractivity contribution is 7.79. The second-order valence-corrected chi connectivity index (χ2v) is 5.62. The molecule has 1 unspecified atom stereocenters. The Bertz CT molecular complexity index is 572. The third-order valence-corrected chi connectivity index (χ3v) is 3.05. The summed E-state index contributed by atoms with van der Waals surface area (Å²) in [5.41, 5.74) is 8.10. The molecule has 124 valence electrons. The highest BCUT2D eigenvalue weighted by Gasteiger charge is 2.03. The van der Waals surface area contributed by atoms with E-state index < -0.39 is 11.1 Å². The molecule has 1 heterocycles. The van der Waals surface area contributed by atoms with E-state index in [1.54, 1.807) is 18.3 Å². The van der Waals surface area contributed by atoms with Gasteiger partial charge in [-0.3, -0.25) is 4.98 Å². The second kappa shape index (κ2) is 11.1. The van der Waals surface area contributed by atoms with Gasteiger partial charge in [0.2, 0.25) is 0 Å². The molecule has 0 amide bonds. The molecule has 1 aromatic heterocycles. The van der Waals surface area contributed by atoms with Gasteiger partial charge in [-0.15, -0.1) is 0 Å². The van der Waals surface area contributed by atoms with E-state index in [2.05, 4.69) is 4.98 Å². The van der Waals surface area contributed by atoms with E-state index in [1.807, 2.05) is 58.9 Å². The normalized spacial score (nSPS) is 10.9. The molecule has 5 heteroatoms. The zero-order valence-corrected chi connectivity index (χ0v) is 14.7. The Morgan fingerprint density at radius 3 is 2.09 bits per heavy atom. The van der Waals surface area contributed by atoms with Crippen LogP contribution < -0.4 is 5.73 Å². The molecule has 4 nitrogen and oxygen atoms in total. The second-order valence-electron chi connectivity index (χ2n) is 4.65. The van der Waals surface area contributed by atoms with Gasteiger partial charge < -0.3 is 10.3 Å². The van der Waals surface area contributed by atoms with E-state index in [-0.39, 0.29) is 1.43 Å². The molecule has 1 atom stereocenters. The van der Waals surface area contributed by atoms with E-state index in [0.29, 0.717) is 10.9 Å². The number of nitrogens with two attached hydrogens (primary N) is 1. The summed E-state index contributed by atoms with van der Waals surface area (Å²) in [4.78, 5) is 4.61. The molecule has 22 heavy (non-hydrogen) atoms. The predicted octanol–water partition coefficient (Wildman–Crippen LogP) is 4.26. The molecule has 0 bridgehead atoms. The summed E-state index contributed by atoms with van der Waals surface area (Å²) < 4.78 is 19.7. The SMILES string of the molecule is CC.CC(C)N.Cc1ncccc1-c1ccc(S(=O)O)cc1.[HH]. The summed E-state index contributed by atoms with van der Waals surface area (Å²) >= 11 is -1.91. The van der Waals surface area contributed by atoms with Crippen LogP contribution in [0, 0.1) is 6.92 Å². The van der Waals surface area contributed by atoms with Gasteiger partial charge in [0.1, 0.15) is 0 Å². The van der Waals surface area contributed by atoms with Crippen LogP contribution in [0.4, 0.5) is 0 Å². The minimum absolute atomic E-state index is 0. The van der Waals surface area contributed by atoms with Gasteiger partial charge in [-0.05, 0) is 36.7 Å². The summed E-state index contributed by atoms with van der Waals surface area (Å²) in [5.74, 6) is 0. The van der Waals surface area contributed by atoms with Gasteiger partial charge >= 0.3 is 0 Å². The summed E-state index contributed by atoms with van der Waals surface area (Å²) in [6.07, 6.45) is 1.75. The summed E-state index contributed by atoms with van der Waals surface area (Å²) in [5, 5.41) is 0. The van der Waals surface area contributed by atoms with Crippen LogP contribution in [-0.2, 0) is 11.1 Å². The summed E-state index contributed by atoms with van der Waals surface area (Å²) in [7, 11) is 0. The van der Waals surface area contributed by atoms with Gasteiger partial charge in [0.25, 0.3) is 0 Å². The third-order valence-electron chi connectivity index (χ3n) is 2.37. The monoisotopic (exact) mass is 324 g/mol. The fourth-order valence-corrected chi connectivity index (χ4v) is 1.91. The van der Waals surface area contributed by atoms with E-state index in [1.165, 1.54) is 0 Å². The molecule has 0 aliphatic rings. The molecule has 0 fully saturated rings. The van der Waals surface area contributed by atoms with E-state index >= 15 is 0 Å².